The lowest BCUT2D eigenvalue weighted by atomic mass is 10.1. The molecule has 1 saturated heterocycles. The number of hydrogen-bond acceptors (Lipinski definition) is 7. The first-order valence-electron chi connectivity index (χ1n) is 13.8. The van der Waals surface area contributed by atoms with Gasteiger partial charge in [0.15, 0.2) is 16.7 Å². The van der Waals surface area contributed by atoms with Gasteiger partial charge in [-0.3, -0.25) is 9.69 Å². The Morgan fingerprint density at radius 1 is 0.935 bits per heavy atom. The summed E-state index contributed by atoms with van der Waals surface area (Å²) in [7, 11) is -2.82. The van der Waals surface area contributed by atoms with Crippen molar-refractivity contribution >= 4 is 85.2 Å². The molecule has 1 amide bonds. The van der Waals surface area contributed by atoms with E-state index in [1.807, 2.05) is 32.0 Å². The third-order valence-corrected chi connectivity index (χ3v) is 10.2. The standard InChI is InChI=1S/C34H27Cl3N2O5S2/c1-5-6-23-15-22(16-30(43-4)32(23)44-46(41,42)27-13-9-24(35)10-14-27)17-31-33(40)39(26-12-8-21(3)29(37)19-26)34(45-31)38-25-11-7-20(2)28(36)18-25/h5,7-19H,1,6H2,2-4H3/b31-17+,38-34?. The summed E-state index contributed by atoms with van der Waals surface area (Å²) in [6, 6.07) is 19.7. The molecule has 236 valence electrons. The monoisotopic (exact) mass is 712 g/mol. The van der Waals surface area contributed by atoms with Crippen LogP contribution in [0.1, 0.15) is 22.3 Å². The molecule has 0 N–H and O–H groups in total. The molecule has 5 rings (SSSR count). The summed E-state index contributed by atoms with van der Waals surface area (Å²) in [4.78, 5) is 20.5. The minimum absolute atomic E-state index is 0.0133. The smallest absolute Gasteiger partial charge is 0.339 e. The molecule has 0 bridgehead atoms. The van der Waals surface area contributed by atoms with Crippen molar-refractivity contribution in [3.63, 3.8) is 0 Å². The molecule has 1 aliphatic rings. The van der Waals surface area contributed by atoms with Gasteiger partial charge in [0.2, 0.25) is 0 Å². The van der Waals surface area contributed by atoms with E-state index in [2.05, 4.69) is 6.58 Å². The Hall–Kier alpha value is -3.73. The van der Waals surface area contributed by atoms with Crippen molar-refractivity contribution in [2.75, 3.05) is 12.0 Å². The zero-order valence-electron chi connectivity index (χ0n) is 24.9. The molecule has 0 unspecified atom stereocenters. The number of amidine groups is 1. The van der Waals surface area contributed by atoms with Crippen molar-refractivity contribution in [2.45, 2.75) is 25.2 Å². The summed E-state index contributed by atoms with van der Waals surface area (Å²) in [6.07, 6.45) is 3.56. The first kappa shape index (κ1) is 33.6. The number of ether oxygens (including phenoxy) is 1. The van der Waals surface area contributed by atoms with Crippen LogP contribution >= 0.6 is 46.6 Å². The zero-order valence-corrected chi connectivity index (χ0v) is 28.8. The highest BCUT2D eigenvalue weighted by Crippen LogP contribution is 2.41. The Morgan fingerprint density at radius 2 is 1.61 bits per heavy atom. The van der Waals surface area contributed by atoms with Crippen molar-refractivity contribution in [2.24, 2.45) is 4.99 Å². The SMILES string of the molecule is C=CCc1cc(/C=C2/SC(=Nc3ccc(C)c(Cl)c3)N(c3ccc(C)c(Cl)c3)C2=O)cc(OC)c1OS(=O)(=O)c1ccc(Cl)cc1. The average molecular weight is 714 g/mol. The fraction of sp³-hybridized carbons (Fsp3) is 0.118. The molecule has 12 heteroatoms. The largest absolute Gasteiger partial charge is 0.493 e. The average Bonchev–Trinajstić information content (AvgIpc) is 3.31. The molecule has 0 radical (unpaired) electrons. The van der Waals surface area contributed by atoms with E-state index in [1.165, 1.54) is 48.0 Å². The van der Waals surface area contributed by atoms with E-state index in [9.17, 15) is 13.2 Å². The van der Waals surface area contributed by atoms with Crippen LogP contribution in [0.4, 0.5) is 11.4 Å². The minimum Gasteiger partial charge on any atom is -0.493 e. The van der Waals surface area contributed by atoms with Crippen LogP contribution in [0.3, 0.4) is 0 Å². The maximum absolute atomic E-state index is 14.0. The van der Waals surface area contributed by atoms with E-state index < -0.39 is 10.1 Å². The maximum atomic E-state index is 14.0. The van der Waals surface area contributed by atoms with Crippen LogP contribution in [0.15, 0.2) is 100 Å². The number of aliphatic imine (C=N–C) groups is 1. The molecule has 0 atom stereocenters. The fourth-order valence-corrected chi connectivity index (χ4v) is 6.94. The summed E-state index contributed by atoms with van der Waals surface area (Å²) in [5, 5.41) is 1.86. The number of halogens is 3. The first-order chi connectivity index (χ1) is 21.9. The number of thioether (sulfide) groups is 1. The molecule has 4 aromatic rings. The number of nitrogens with zero attached hydrogens (tertiary/aromatic N) is 2. The van der Waals surface area contributed by atoms with Gasteiger partial charge in [0.25, 0.3) is 5.91 Å². The van der Waals surface area contributed by atoms with Crippen molar-refractivity contribution in [1.29, 1.82) is 0 Å². The van der Waals surface area contributed by atoms with E-state index in [1.54, 1.807) is 42.5 Å². The van der Waals surface area contributed by atoms with Gasteiger partial charge in [0.05, 0.1) is 23.4 Å². The molecule has 1 fully saturated rings. The lowest BCUT2D eigenvalue weighted by molar-refractivity contribution is -0.113. The Balaban J connectivity index is 1.58. The number of hydrogen-bond donors (Lipinski definition) is 0. The van der Waals surface area contributed by atoms with Crippen LogP contribution in [0.2, 0.25) is 15.1 Å². The zero-order chi connectivity index (χ0) is 33.2. The number of rotatable bonds is 9. The third kappa shape index (κ3) is 7.29. The van der Waals surface area contributed by atoms with Gasteiger partial charge in [-0.1, -0.05) is 53.0 Å². The molecule has 1 heterocycles. The predicted molar refractivity (Wildman–Crippen MR) is 189 cm³/mol. The molecule has 1 aliphatic heterocycles. The van der Waals surface area contributed by atoms with Gasteiger partial charge in [-0.2, -0.15) is 8.42 Å². The number of amides is 1. The molecule has 46 heavy (non-hydrogen) atoms. The predicted octanol–water partition coefficient (Wildman–Crippen LogP) is 9.58. The van der Waals surface area contributed by atoms with E-state index in [4.69, 9.17) is 48.7 Å². The fourth-order valence-electron chi connectivity index (χ4n) is 4.49. The second-order valence-electron chi connectivity index (χ2n) is 10.2. The number of aryl methyl sites for hydroxylation is 2. The summed E-state index contributed by atoms with van der Waals surface area (Å²) >= 11 is 19.9. The van der Waals surface area contributed by atoms with E-state index in [-0.39, 0.29) is 28.7 Å². The van der Waals surface area contributed by atoms with Gasteiger partial charge in [-0.15, -0.1) is 6.58 Å². The summed E-state index contributed by atoms with van der Waals surface area (Å²) in [6.45, 7) is 7.58. The highest BCUT2D eigenvalue weighted by Gasteiger charge is 2.35. The van der Waals surface area contributed by atoms with Gasteiger partial charge in [0, 0.05) is 20.6 Å². The third-order valence-electron chi connectivity index (χ3n) is 6.93. The second kappa shape index (κ2) is 13.9. The first-order valence-corrected chi connectivity index (χ1v) is 17.1. The van der Waals surface area contributed by atoms with Crippen LogP contribution in [0.5, 0.6) is 11.5 Å². The van der Waals surface area contributed by atoms with Gasteiger partial charge in [0.1, 0.15) is 4.90 Å². The summed E-state index contributed by atoms with van der Waals surface area (Å²) in [5.41, 5.74) is 3.96. The second-order valence-corrected chi connectivity index (χ2v) is 14.0. The van der Waals surface area contributed by atoms with Crippen molar-refractivity contribution in [3.8, 4) is 11.5 Å². The number of benzene rings is 4. The quantitative estimate of drug-likeness (QED) is 0.0976. The van der Waals surface area contributed by atoms with Crippen molar-refractivity contribution in [3.05, 3.63) is 128 Å². The van der Waals surface area contributed by atoms with Gasteiger partial charge >= 0.3 is 10.1 Å². The van der Waals surface area contributed by atoms with E-state index >= 15 is 0 Å². The number of methoxy groups -OCH3 is 1. The molecule has 0 spiro atoms. The van der Waals surface area contributed by atoms with Crippen LogP contribution in [0.25, 0.3) is 6.08 Å². The molecular formula is C34H27Cl3N2O5S2. The highest BCUT2D eigenvalue weighted by molar-refractivity contribution is 8.19. The number of anilines is 1. The summed E-state index contributed by atoms with van der Waals surface area (Å²) < 4.78 is 37.4. The Morgan fingerprint density at radius 3 is 2.24 bits per heavy atom. The lowest BCUT2D eigenvalue weighted by Crippen LogP contribution is -2.28. The van der Waals surface area contributed by atoms with Crippen LogP contribution in [-0.4, -0.2) is 26.6 Å². The number of carbonyl (C=O) groups excluding carboxylic acids is 1. The Kier molecular flexibility index (Phi) is 10.2. The highest BCUT2D eigenvalue weighted by atomic mass is 35.5. The van der Waals surface area contributed by atoms with E-state index in [0.717, 1.165) is 11.1 Å². The summed E-state index contributed by atoms with van der Waals surface area (Å²) in [5.74, 6) is -0.152. The normalized spacial score (nSPS) is 15.1. The molecule has 0 saturated carbocycles. The molecular weight excluding hydrogens is 687 g/mol. The molecule has 0 aromatic heterocycles. The minimum atomic E-state index is -4.22. The number of allylic oxidation sites excluding steroid dienone is 1. The molecule has 0 aliphatic carbocycles. The van der Waals surface area contributed by atoms with Gasteiger partial charge in [-0.25, -0.2) is 4.99 Å². The Bertz CT molecular complexity index is 2030. The number of carbonyl (C=O) groups is 1. The van der Waals surface area contributed by atoms with Crippen molar-refractivity contribution < 1.29 is 22.1 Å². The van der Waals surface area contributed by atoms with Crippen LogP contribution < -0.4 is 13.8 Å². The molecule has 4 aromatic carbocycles. The van der Waals surface area contributed by atoms with E-state index in [0.29, 0.717) is 47.6 Å². The van der Waals surface area contributed by atoms with Gasteiger partial charge < -0.3 is 8.92 Å². The molecule has 7 nitrogen and oxygen atoms in total. The Labute approximate surface area is 287 Å². The van der Waals surface area contributed by atoms with Crippen LogP contribution in [-0.2, 0) is 21.3 Å². The van der Waals surface area contributed by atoms with Gasteiger partial charge in [-0.05, 0) is 115 Å². The lowest BCUT2D eigenvalue weighted by Gasteiger charge is -2.17. The maximum Gasteiger partial charge on any atom is 0.339 e. The van der Waals surface area contributed by atoms with Crippen molar-refractivity contribution in [1.82, 2.24) is 0 Å². The topological polar surface area (TPSA) is 85.3 Å². The van der Waals surface area contributed by atoms with Crippen LogP contribution in [0, 0.1) is 13.8 Å².